The standard InChI is InChI=1S/C15H16ClFN4O/c1-15(2,3)13-7-12(19-20-13)14(22)21-18-8-9-10(16)5-4-6-11(9)17/h4-8H,1-3H3,(H,19,20)(H,21,22)/b18-8+. The molecule has 0 radical (unpaired) electrons. The quantitative estimate of drug-likeness (QED) is 0.672. The van der Waals surface area contributed by atoms with Gasteiger partial charge in [0.2, 0.25) is 0 Å². The third-order valence-corrected chi connectivity index (χ3v) is 3.31. The SMILES string of the molecule is CC(C)(C)c1cc(C(=O)N/N=C/c2c(F)cccc2Cl)n[nH]1. The number of rotatable bonds is 3. The Hall–Kier alpha value is -2.21. The van der Waals surface area contributed by atoms with E-state index in [0.29, 0.717) is 0 Å². The molecule has 0 unspecified atom stereocenters. The predicted molar refractivity (Wildman–Crippen MR) is 83.8 cm³/mol. The van der Waals surface area contributed by atoms with Crippen LogP contribution in [0, 0.1) is 5.82 Å². The molecule has 0 spiro atoms. The maximum Gasteiger partial charge on any atom is 0.291 e. The molecule has 5 nitrogen and oxygen atoms in total. The van der Waals surface area contributed by atoms with Gasteiger partial charge in [-0.05, 0) is 18.2 Å². The number of nitrogens with zero attached hydrogens (tertiary/aromatic N) is 2. The minimum atomic E-state index is -0.514. The van der Waals surface area contributed by atoms with Gasteiger partial charge in [0, 0.05) is 16.7 Å². The van der Waals surface area contributed by atoms with Crippen molar-refractivity contribution in [3.05, 3.63) is 52.1 Å². The maximum absolute atomic E-state index is 13.5. The number of carbonyl (C=O) groups is 1. The molecule has 2 N–H and O–H groups in total. The molecule has 1 aromatic carbocycles. The van der Waals surface area contributed by atoms with Gasteiger partial charge in [-0.2, -0.15) is 10.2 Å². The number of nitrogens with one attached hydrogen (secondary N) is 2. The Labute approximate surface area is 132 Å². The molecule has 1 heterocycles. The van der Waals surface area contributed by atoms with Gasteiger partial charge in [0.25, 0.3) is 5.91 Å². The number of hydrogen-bond donors (Lipinski definition) is 2. The topological polar surface area (TPSA) is 70.1 Å². The highest BCUT2D eigenvalue weighted by Gasteiger charge is 2.19. The van der Waals surface area contributed by atoms with Crippen LogP contribution < -0.4 is 5.43 Å². The zero-order valence-electron chi connectivity index (χ0n) is 12.4. The van der Waals surface area contributed by atoms with Crippen molar-refractivity contribution in [2.24, 2.45) is 5.10 Å². The van der Waals surface area contributed by atoms with E-state index in [-0.39, 0.29) is 21.7 Å². The van der Waals surface area contributed by atoms with Crippen molar-refractivity contribution >= 4 is 23.7 Å². The molecule has 116 valence electrons. The van der Waals surface area contributed by atoms with E-state index in [0.717, 1.165) is 11.9 Å². The first-order chi connectivity index (χ1) is 10.3. The fourth-order valence-corrected chi connectivity index (χ4v) is 1.88. The van der Waals surface area contributed by atoms with Crippen LogP contribution >= 0.6 is 11.6 Å². The van der Waals surface area contributed by atoms with E-state index in [9.17, 15) is 9.18 Å². The predicted octanol–water partition coefficient (Wildman–Crippen LogP) is 3.26. The molecule has 0 bridgehead atoms. The summed E-state index contributed by atoms with van der Waals surface area (Å²) in [5.74, 6) is -1.00. The number of carbonyl (C=O) groups excluding carboxylic acids is 1. The Bertz CT molecular complexity index is 698. The van der Waals surface area contributed by atoms with Crippen LogP contribution in [0.5, 0.6) is 0 Å². The van der Waals surface area contributed by atoms with E-state index in [1.54, 1.807) is 6.07 Å². The summed E-state index contributed by atoms with van der Waals surface area (Å²) < 4.78 is 13.5. The fraction of sp³-hybridized carbons (Fsp3) is 0.267. The molecule has 1 aromatic heterocycles. The molecule has 1 amide bonds. The van der Waals surface area contributed by atoms with E-state index in [2.05, 4.69) is 20.7 Å². The Morgan fingerprint density at radius 2 is 2.18 bits per heavy atom. The molecular weight excluding hydrogens is 307 g/mol. The molecule has 2 rings (SSSR count). The first kappa shape index (κ1) is 16.2. The smallest absolute Gasteiger partial charge is 0.281 e. The number of H-pyrrole nitrogens is 1. The van der Waals surface area contributed by atoms with Gasteiger partial charge >= 0.3 is 0 Å². The number of aromatic nitrogens is 2. The minimum Gasteiger partial charge on any atom is -0.281 e. The largest absolute Gasteiger partial charge is 0.291 e. The van der Waals surface area contributed by atoms with Gasteiger partial charge < -0.3 is 0 Å². The average Bonchev–Trinajstić information content (AvgIpc) is 2.91. The molecule has 7 heteroatoms. The van der Waals surface area contributed by atoms with Crippen molar-refractivity contribution in [1.82, 2.24) is 15.6 Å². The first-order valence-corrected chi connectivity index (χ1v) is 7.00. The molecule has 0 aliphatic heterocycles. The van der Waals surface area contributed by atoms with E-state index in [4.69, 9.17) is 11.6 Å². The monoisotopic (exact) mass is 322 g/mol. The lowest BCUT2D eigenvalue weighted by Crippen LogP contribution is -2.18. The lowest BCUT2D eigenvalue weighted by molar-refractivity contribution is 0.0950. The van der Waals surface area contributed by atoms with Crippen LogP contribution in [-0.4, -0.2) is 22.3 Å². The molecule has 0 aliphatic carbocycles. The molecule has 0 atom stereocenters. The van der Waals surface area contributed by atoms with Crippen LogP contribution in [0.4, 0.5) is 4.39 Å². The highest BCUT2D eigenvalue weighted by Crippen LogP contribution is 2.20. The summed E-state index contributed by atoms with van der Waals surface area (Å²) in [4.78, 5) is 11.9. The van der Waals surface area contributed by atoms with E-state index >= 15 is 0 Å². The molecule has 2 aromatic rings. The van der Waals surface area contributed by atoms with Crippen LogP contribution in [0.3, 0.4) is 0 Å². The van der Waals surface area contributed by atoms with Crippen molar-refractivity contribution in [2.45, 2.75) is 26.2 Å². The Kier molecular flexibility index (Phi) is 4.61. The summed E-state index contributed by atoms with van der Waals surface area (Å²) >= 11 is 5.85. The molecule has 0 aliphatic rings. The van der Waals surface area contributed by atoms with E-state index < -0.39 is 11.7 Å². The first-order valence-electron chi connectivity index (χ1n) is 6.62. The number of halogens is 2. The summed E-state index contributed by atoms with van der Waals surface area (Å²) in [5.41, 5.74) is 3.30. The van der Waals surface area contributed by atoms with E-state index in [1.165, 1.54) is 18.2 Å². The van der Waals surface area contributed by atoms with Crippen LogP contribution in [0.2, 0.25) is 5.02 Å². The van der Waals surface area contributed by atoms with Crippen LogP contribution in [0.15, 0.2) is 29.4 Å². The summed E-state index contributed by atoms with van der Waals surface area (Å²) in [7, 11) is 0. The Balaban J connectivity index is 2.07. The fourth-order valence-electron chi connectivity index (χ4n) is 1.67. The maximum atomic E-state index is 13.5. The Morgan fingerprint density at radius 3 is 2.77 bits per heavy atom. The van der Waals surface area contributed by atoms with Gasteiger partial charge in [-0.3, -0.25) is 9.89 Å². The molecule has 0 fully saturated rings. The highest BCUT2D eigenvalue weighted by atomic mass is 35.5. The van der Waals surface area contributed by atoms with E-state index in [1.807, 2.05) is 20.8 Å². The van der Waals surface area contributed by atoms with Crippen molar-refractivity contribution in [3.63, 3.8) is 0 Å². The van der Waals surface area contributed by atoms with Crippen molar-refractivity contribution in [3.8, 4) is 0 Å². The zero-order chi connectivity index (χ0) is 16.3. The zero-order valence-corrected chi connectivity index (χ0v) is 13.2. The number of aromatic amines is 1. The normalized spacial score (nSPS) is 11.9. The number of hydrazone groups is 1. The van der Waals surface area contributed by atoms with Crippen LogP contribution in [0.1, 0.15) is 42.5 Å². The third kappa shape index (κ3) is 3.71. The van der Waals surface area contributed by atoms with Gasteiger partial charge in [0.05, 0.1) is 11.2 Å². The Morgan fingerprint density at radius 1 is 1.45 bits per heavy atom. The van der Waals surface area contributed by atoms with Crippen LogP contribution in [-0.2, 0) is 5.41 Å². The highest BCUT2D eigenvalue weighted by molar-refractivity contribution is 6.33. The third-order valence-electron chi connectivity index (χ3n) is 2.98. The second kappa shape index (κ2) is 6.27. The number of amides is 1. The van der Waals surface area contributed by atoms with Crippen molar-refractivity contribution in [1.29, 1.82) is 0 Å². The molecule has 0 saturated carbocycles. The average molecular weight is 323 g/mol. The summed E-state index contributed by atoms with van der Waals surface area (Å²) in [6, 6.07) is 5.95. The number of hydrogen-bond acceptors (Lipinski definition) is 3. The minimum absolute atomic E-state index is 0.113. The second-order valence-corrected chi connectivity index (χ2v) is 6.16. The van der Waals surface area contributed by atoms with Gasteiger partial charge in [-0.15, -0.1) is 0 Å². The van der Waals surface area contributed by atoms with Crippen molar-refractivity contribution < 1.29 is 9.18 Å². The second-order valence-electron chi connectivity index (χ2n) is 5.75. The number of benzene rings is 1. The van der Waals surface area contributed by atoms with Gasteiger partial charge in [-0.25, -0.2) is 9.82 Å². The molecular formula is C15H16ClFN4O. The van der Waals surface area contributed by atoms with Crippen molar-refractivity contribution in [2.75, 3.05) is 0 Å². The molecule has 22 heavy (non-hydrogen) atoms. The van der Waals surface area contributed by atoms with Gasteiger partial charge in [0.15, 0.2) is 5.69 Å². The lowest BCUT2D eigenvalue weighted by Gasteiger charge is -2.14. The summed E-state index contributed by atoms with van der Waals surface area (Å²) in [5, 5.41) is 10.7. The molecule has 0 saturated heterocycles. The van der Waals surface area contributed by atoms with Gasteiger partial charge in [0.1, 0.15) is 5.82 Å². The summed E-state index contributed by atoms with van der Waals surface area (Å²) in [6.45, 7) is 6.00. The summed E-state index contributed by atoms with van der Waals surface area (Å²) in [6.07, 6.45) is 1.16. The van der Waals surface area contributed by atoms with Gasteiger partial charge in [-0.1, -0.05) is 38.4 Å². The van der Waals surface area contributed by atoms with Crippen LogP contribution in [0.25, 0.3) is 0 Å². The lowest BCUT2D eigenvalue weighted by atomic mass is 9.92.